The maximum Gasteiger partial charge on any atom is 0.255 e. The Hall–Kier alpha value is -4.67. The van der Waals surface area contributed by atoms with Gasteiger partial charge in [-0.2, -0.15) is 14.6 Å². The first-order chi connectivity index (χ1) is 24.3. The van der Waals surface area contributed by atoms with Crippen molar-refractivity contribution in [3.8, 4) is 27.8 Å². The molecule has 50 heavy (non-hydrogen) atoms. The van der Waals surface area contributed by atoms with Gasteiger partial charge in [-0.15, -0.1) is 23.1 Å². The zero-order valence-corrected chi connectivity index (χ0v) is 29.2. The summed E-state index contributed by atoms with van der Waals surface area (Å²) in [6.45, 7) is 2.49. The van der Waals surface area contributed by atoms with Crippen molar-refractivity contribution >= 4 is 57.1 Å². The summed E-state index contributed by atoms with van der Waals surface area (Å²) in [5.74, 6) is 0.0490. The van der Waals surface area contributed by atoms with Crippen LogP contribution in [0.1, 0.15) is 30.7 Å². The Bertz CT molecular complexity index is 2120. The van der Waals surface area contributed by atoms with Crippen LogP contribution in [0.2, 0.25) is 0 Å². The second kappa shape index (κ2) is 13.2. The van der Waals surface area contributed by atoms with Crippen LogP contribution in [0.4, 0.5) is 10.1 Å². The lowest BCUT2D eigenvalue weighted by Gasteiger charge is -2.29. The summed E-state index contributed by atoms with van der Waals surface area (Å²) >= 11 is 3.06. The number of benzene rings is 1. The van der Waals surface area contributed by atoms with E-state index in [2.05, 4.69) is 46.5 Å². The number of pyridine rings is 1. The number of H-pyrrole nitrogens is 1. The summed E-state index contributed by atoms with van der Waals surface area (Å²) < 4.78 is 21.3. The number of nitrogens with one attached hydrogen (secondary N) is 2. The molecule has 2 amide bonds. The van der Waals surface area contributed by atoms with Gasteiger partial charge in [0.1, 0.15) is 21.8 Å². The van der Waals surface area contributed by atoms with Crippen LogP contribution >= 0.6 is 23.1 Å². The van der Waals surface area contributed by atoms with Gasteiger partial charge in [-0.25, -0.2) is 15.0 Å². The van der Waals surface area contributed by atoms with Crippen molar-refractivity contribution in [3.05, 3.63) is 59.9 Å². The number of rotatable bonds is 10. The molecule has 3 aliphatic rings. The number of aromatic amines is 1. The molecule has 1 atom stereocenters. The number of hydrogen-bond donors (Lipinski definition) is 2. The van der Waals surface area contributed by atoms with E-state index in [-0.39, 0.29) is 30.2 Å². The minimum Gasteiger partial charge on any atom is -0.486 e. The topological polar surface area (TPSA) is 147 Å². The van der Waals surface area contributed by atoms with Crippen molar-refractivity contribution in [2.45, 2.75) is 36.5 Å². The fraction of sp³-hybridized carbons (Fsp3) is 0.382. The minimum absolute atomic E-state index is 0.0465. The Morgan fingerprint density at radius 3 is 2.82 bits per heavy atom. The molecule has 5 aromatic rings. The van der Waals surface area contributed by atoms with Crippen molar-refractivity contribution in [3.63, 3.8) is 0 Å². The van der Waals surface area contributed by atoms with Crippen LogP contribution in [0.15, 0.2) is 48.9 Å². The van der Waals surface area contributed by atoms with E-state index in [0.29, 0.717) is 60.9 Å². The van der Waals surface area contributed by atoms with Crippen molar-refractivity contribution in [1.29, 1.82) is 0 Å². The van der Waals surface area contributed by atoms with Crippen LogP contribution in [-0.2, 0) is 16.6 Å². The second-order valence-corrected chi connectivity index (χ2v) is 15.1. The van der Waals surface area contributed by atoms with Crippen LogP contribution in [0.5, 0.6) is 5.75 Å². The molecular formula is C34H35FN10O3S2. The Labute approximate surface area is 295 Å². The molecule has 1 saturated carbocycles. The van der Waals surface area contributed by atoms with Crippen LogP contribution in [0, 0.1) is 5.95 Å². The Morgan fingerprint density at radius 1 is 1.20 bits per heavy atom. The van der Waals surface area contributed by atoms with E-state index in [0.717, 1.165) is 40.2 Å². The molecule has 4 aromatic heterocycles. The maximum absolute atomic E-state index is 14.7. The predicted octanol–water partition coefficient (Wildman–Crippen LogP) is 4.62. The molecule has 6 heterocycles. The third kappa shape index (κ3) is 6.50. The molecule has 1 aliphatic carbocycles. The van der Waals surface area contributed by atoms with Gasteiger partial charge in [-0.3, -0.25) is 24.3 Å². The summed E-state index contributed by atoms with van der Waals surface area (Å²) in [5, 5.41) is 16.4. The molecule has 258 valence electrons. The lowest BCUT2D eigenvalue weighted by Crippen LogP contribution is -2.45. The number of halogens is 1. The molecule has 2 fully saturated rings. The van der Waals surface area contributed by atoms with Gasteiger partial charge in [-0.1, -0.05) is 6.08 Å². The van der Waals surface area contributed by atoms with E-state index < -0.39 is 10.7 Å². The van der Waals surface area contributed by atoms with Crippen molar-refractivity contribution in [2.75, 3.05) is 44.3 Å². The number of likely N-dealkylation sites (tertiary alicyclic amines) is 1. The Kier molecular flexibility index (Phi) is 8.60. The number of fused-ring (bicyclic) bond motifs is 1. The molecule has 13 nitrogen and oxygen atoms in total. The van der Waals surface area contributed by atoms with Crippen LogP contribution in [-0.4, -0.2) is 106 Å². The summed E-state index contributed by atoms with van der Waals surface area (Å²) in [4.78, 5) is 45.0. The molecule has 2 N–H and O–H groups in total. The zero-order chi connectivity index (χ0) is 34.4. The quantitative estimate of drug-likeness (QED) is 0.197. The highest BCUT2D eigenvalue weighted by molar-refractivity contribution is 8.00. The summed E-state index contributed by atoms with van der Waals surface area (Å²) in [6, 6.07) is 8.74. The predicted molar refractivity (Wildman–Crippen MR) is 190 cm³/mol. The molecule has 0 unspecified atom stereocenters. The zero-order valence-electron chi connectivity index (χ0n) is 27.6. The second-order valence-electron chi connectivity index (χ2n) is 12.8. The largest absolute Gasteiger partial charge is 0.486 e. The number of amides is 2. The van der Waals surface area contributed by atoms with Gasteiger partial charge in [0.05, 0.1) is 28.7 Å². The van der Waals surface area contributed by atoms with Gasteiger partial charge in [0.2, 0.25) is 11.8 Å². The molecule has 2 aliphatic heterocycles. The number of nitrogens with zero attached hydrogens (tertiary/aromatic N) is 8. The van der Waals surface area contributed by atoms with Gasteiger partial charge in [0.25, 0.3) is 5.95 Å². The number of ether oxygens (including phenoxy) is 1. The number of carbonyl (C=O) groups is 2. The van der Waals surface area contributed by atoms with Gasteiger partial charge in [0, 0.05) is 50.5 Å². The highest BCUT2D eigenvalue weighted by Crippen LogP contribution is 2.37. The van der Waals surface area contributed by atoms with Crippen molar-refractivity contribution < 1.29 is 18.7 Å². The van der Waals surface area contributed by atoms with Crippen molar-refractivity contribution in [1.82, 2.24) is 44.7 Å². The molecule has 1 saturated heterocycles. The molecule has 16 heteroatoms. The number of aromatic nitrogens is 7. The average Bonchev–Trinajstić information content (AvgIpc) is 3.52. The molecule has 1 aromatic carbocycles. The Morgan fingerprint density at radius 2 is 2.08 bits per heavy atom. The number of carbonyl (C=O) groups excluding carboxylic acids is 2. The third-order valence-corrected chi connectivity index (χ3v) is 11.7. The van der Waals surface area contributed by atoms with Gasteiger partial charge in [-0.05, 0) is 67.8 Å². The number of anilines is 1. The minimum atomic E-state index is -0.712. The normalized spacial score (nSPS) is 19.6. The third-order valence-electron chi connectivity index (χ3n) is 9.33. The highest BCUT2D eigenvalue weighted by atomic mass is 32.2. The van der Waals surface area contributed by atoms with Crippen LogP contribution < -0.4 is 10.1 Å². The fourth-order valence-electron chi connectivity index (χ4n) is 6.34. The van der Waals surface area contributed by atoms with Crippen molar-refractivity contribution in [2.24, 2.45) is 7.05 Å². The molecular weight excluding hydrogens is 680 g/mol. The lowest BCUT2D eigenvalue weighted by atomic mass is 10.1. The number of aryl methyl sites for hydroxylation is 1. The summed E-state index contributed by atoms with van der Waals surface area (Å²) in [7, 11) is 1.83. The van der Waals surface area contributed by atoms with E-state index >= 15 is 0 Å². The maximum atomic E-state index is 14.7. The molecule has 0 bridgehead atoms. The van der Waals surface area contributed by atoms with Gasteiger partial charge >= 0.3 is 0 Å². The first-order valence-electron chi connectivity index (χ1n) is 16.5. The smallest absolute Gasteiger partial charge is 0.255 e. The van der Waals surface area contributed by atoms with E-state index in [1.807, 2.05) is 36.4 Å². The van der Waals surface area contributed by atoms with E-state index in [1.54, 1.807) is 40.7 Å². The molecule has 8 rings (SSSR count). The number of hydrogen-bond acceptors (Lipinski definition) is 11. The van der Waals surface area contributed by atoms with E-state index in [9.17, 15) is 14.0 Å². The first-order valence-corrected chi connectivity index (χ1v) is 18.5. The first kappa shape index (κ1) is 32.5. The lowest BCUT2D eigenvalue weighted by molar-refractivity contribution is -0.132. The molecule has 0 radical (unpaired) electrons. The number of thioether (sulfide) groups is 1. The highest BCUT2D eigenvalue weighted by Gasteiger charge is 2.45. The summed E-state index contributed by atoms with van der Waals surface area (Å²) in [6.07, 6.45) is 10.7. The van der Waals surface area contributed by atoms with E-state index in [1.165, 1.54) is 11.8 Å². The van der Waals surface area contributed by atoms with Crippen LogP contribution in [0.3, 0.4) is 0 Å². The van der Waals surface area contributed by atoms with Gasteiger partial charge < -0.3 is 15.0 Å². The average molecular weight is 715 g/mol. The monoisotopic (exact) mass is 714 g/mol. The standard InChI is InChI=1S/C34H35FN10O3S2/c1-43-19-37-31(42-43)27-16-36-32(50-27)20-9-12-45(13-10-20)28(46)17-44-14-11-34(18-44,49-2)33(47)38-21-3-6-24-23(15-21)29(41-40-24)25-7-8-26(30(35)39-25)48-22-4-5-22/h3,6-9,15-16,19,22H,4-5,10-14,17-18H2,1-2H3,(H,38,47)(H,40,41)/t34-/m0/s1. The SMILES string of the molecule is CS[C@@]1(C(=O)Nc2ccc3[nH]nc(-c4ccc(OC5CC5)c(F)n4)c3c2)CCN(CC(=O)N2CC=C(c3ncc(-c4ncn(C)n4)s3)CC2)C1. The Balaban J connectivity index is 0.889. The van der Waals surface area contributed by atoms with Gasteiger partial charge in [0.15, 0.2) is 11.6 Å². The summed E-state index contributed by atoms with van der Waals surface area (Å²) in [5.41, 5.74) is 3.31. The molecule has 0 spiro atoms. The van der Waals surface area contributed by atoms with Crippen LogP contribution in [0.25, 0.3) is 38.6 Å². The van der Waals surface area contributed by atoms with E-state index in [4.69, 9.17) is 4.74 Å². The number of thiazole rings is 1. The fourth-order valence-corrected chi connectivity index (χ4v) is 8.10.